The number of carbonyl (C=O) groups is 1. The molecule has 1 heterocycles. The zero-order valence-corrected chi connectivity index (χ0v) is 15.0. The van der Waals surface area contributed by atoms with Gasteiger partial charge in [-0.25, -0.2) is 0 Å². The van der Waals surface area contributed by atoms with Crippen molar-refractivity contribution < 1.29 is 9.53 Å². The van der Waals surface area contributed by atoms with Crippen molar-refractivity contribution >= 4 is 35.9 Å². The van der Waals surface area contributed by atoms with Crippen LogP contribution in [-0.4, -0.2) is 42.6 Å². The molecule has 1 aliphatic heterocycles. The van der Waals surface area contributed by atoms with Gasteiger partial charge in [-0.3, -0.25) is 9.79 Å². The van der Waals surface area contributed by atoms with Gasteiger partial charge in [0, 0.05) is 26.1 Å². The second-order valence-electron chi connectivity index (χ2n) is 5.28. The van der Waals surface area contributed by atoms with Crippen molar-refractivity contribution in [3.8, 4) is 0 Å². The summed E-state index contributed by atoms with van der Waals surface area (Å²) in [5.41, 5.74) is 5.98. The van der Waals surface area contributed by atoms with Crippen molar-refractivity contribution in [2.75, 3.05) is 19.6 Å². The zero-order chi connectivity index (χ0) is 14.1. The molecule has 0 aliphatic carbocycles. The maximum atomic E-state index is 11.3. The highest BCUT2D eigenvalue weighted by Crippen LogP contribution is 2.09. The van der Waals surface area contributed by atoms with E-state index in [1.807, 2.05) is 13.8 Å². The minimum absolute atomic E-state index is 0. The van der Waals surface area contributed by atoms with E-state index in [2.05, 4.69) is 9.89 Å². The van der Waals surface area contributed by atoms with Crippen molar-refractivity contribution in [2.24, 2.45) is 10.7 Å². The van der Waals surface area contributed by atoms with E-state index in [0.29, 0.717) is 25.3 Å². The number of hydrogen-bond donors (Lipinski definition) is 1. The molecule has 0 aromatic carbocycles. The third kappa shape index (κ3) is 8.60. The Morgan fingerprint density at radius 2 is 1.85 bits per heavy atom. The van der Waals surface area contributed by atoms with Gasteiger partial charge in [0.1, 0.15) is 0 Å². The summed E-state index contributed by atoms with van der Waals surface area (Å²) < 4.78 is 5.06. The van der Waals surface area contributed by atoms with Crippen molar-refractivity contribution in [2.45, 2.75) is 58.5 Å². The molecule has 0 radical (unpaired) electrons. The molecule has 118 valence electrons. The summed E-state index contributed by atoms with van der Waals surface area (Å²) in [5.74, 6) is 0.470. The van der Waals surface area contributed by atoms with Gasteiger partial charge in [0.25, 0.3) is 0 Å². The standard InChI is InChI=1S/C14H27N3O2.HI/c1-12(2)19-13(18)8-7-9-16-14(15)17-10-5-3-4-6-11-17;/h12H,3-11H2,1-2H3,(H2,15,16);1H. The number of aliphatic imine (C=N–C) groups is 1. The van der Waals surface area contributed by atoms with Crippen LogP contribution in [0.3, 0.4) is 0 Å². The second-order valence-corrected chi connectivity index (χ2v) is 5.28. The number of halogens is 1. The lowest BCUT2D eigenvalue weighted by atomic mass is 10.2. The van der Waals surface area contributed by atoms with E-state index in [4.69, 9.17) is 10.5 Å². The van der Waals surface area contributed by atoms with Crippen LogP contribution in [-0.2, 0) is 9.53 Å². The minimum atomic E-state index is -0.154. The lowest BCUT2D eigenvalue weighted by molar-refractivity contribution is -0.147. The third-order valence-corrected chi connectivity index (χ3v) is 3.11. The molecular weight excluding hydrogens is 369 g/mol. The van der Waals surface area contributed by atoms with Crippen LogP contribution in [0.1, 0.15) is 52.4 Å². The number of likely N-dealkylation sites (tertiary alicyclic amines) is 1. The first-order chi connectivity index (χ1) is 9.09. The number of hydrogen-bond acceptors (Lipinski definition) is 3. The molecule has 1 fully saturated rings. The van der Waals surface area contributed by atoms with Gasteiger partial charge in [-0.05, 0) is 33.1 Å². The summed E-state index contributed by atoms with van der Waals surface area (Å²) in [7, 11) is 0. The van der Waals surface area contributed by atoms with E-state index >= 15 is 0 Å². The van der Waals surface area contributed by atoms with Gasteiger partial charge >= 0.3 is 5.97 Å². The van der Waals surface area contributed by atoms with Crippen molar-refractivity contribution in [3.05, 3.63) is 0 Å². The Balaban J connectivity index is 0.00000361. The van der Waals surface area contributed by atoms with Crippen molar-refractivity contribution in [3.63, 3.8) is 0 Å². The van der Waals surface area contributed by atoms with Crippen molar-refractivity contribution in [1.29, 1.82) is 0 Å². The van der Waals surface area contributed by atoms with Crippen LogP contribution >= 0.6 is 24.0 Å². The Morgan fingerprint density at radius 3 is 2.40 bits per heavy atom. The van der Waals surface area contributed by atoms with E-state index in [1.54, 1.807) is 0 Å². The Morgan fingerprint density at radius 1 is 1.25 bits per heavy atom. The monoisotopic (exact) mass is 397 g/mol. The molecule has 6 heteroatoms. The molecule has 5 nitrogen and oxygen atoms in total. The minimum Gasteiger partial charge on any atom is -0.463 e. The molecule has 0 spiro atoms. The maximum absolute atomic E-state index is 11.3. The lowest BCUT2D eigenvalue weighted by Gasteiger charge is -2.21. The molecule has 0 amide bonds. The molecule has 1 aliphatic rings. The van der Waals surface area contributed by atoms with Crippen molar-refractivity contribution in [1.82, 2.24) is 4.90 Å². The van der Waals surface area contributed by atoms with Crippen LogP contribution in [0.25, 0.3) is 0 Å². The quantitative estimate of drug-likeness (QED) is 0.255. The average molecular weight is 397 g/mol. The van der Waals surface area contributed by atoms with E-state index in [0.717, 1.165) is 13.1 Å². The van der Waals surface area contributed by atoms with E-state index in [9.17, 15) is 4.79 Å². The summed E-state index contributed by atoms with van der Waals surface area (Å²) in [4.78, 5) is 17.8. The lowest BCUT2D eigenvalue weighted by Crippen LogP contribution is -2.38. The van der Waals surface area contributed by atoms with Crippen LogP contribution in [0.4, 0.5) is 0 Å². The first-order valence-corrected chi connectivity index (χ1v) is 7.34. The number of nitrogens with zero attached hydrogens (tertiary/aromatic N) is 2. The molecule has 0 aromatic rings. The second kappa shape index (κ2) is 11.2. The van der Waals surface area contributed by atoms with Gasteiger partial charge in [-0.2, -0.15) is 0 Å². The Hall–Kier alpha value is -0.530. The summed E-state index contributed by atoms with van der Waals surface area (Å²) in [6, 6.07) is 0. The smallest absolute Gasteiger partial charge is 0.306 e. The predicted octanol–water partition coefficient (Wildman–Crippen LogP) is 2.53. The fourth-order valence-corrected chi connectivity index (χ4v) is 2.14. The van der Waals surface area contributed by atoms with Gasteiger partial charge in [-0.15, -0.1) is 24.0 Å². The SMILES string of the molecule is CC(C)OC(=O)CCCN=C(N)N1CCCCCC1.I. The Bertz CT molecular complexity index is 301. The molecule has 1 saturated heterocycles. The Kier molecular flexibility index (Phi) is 10.9. The number of esters is 1. The van der Waals surface area contributed by atoms with Crippen LogP contribution in [0.15, 0.2) is 4.99 Å². The summed E-state index contributed by atoms with van der Waals surface area (Å²) in [6.45, 7) is 6.31. The number of carbonyl (C=O) groups excluding carboxylic acids is 1. The largest absolute Gasteiger partial charge is 0.463 e. The van der Waals surface area contributed by atoms with E-state index < -0.39 is 0 Å². The molecule has 0 atom stereocenters. The van der Waals surface area contributed by atoms with Gasteiger partial charge in [0.15, 0.2) is 5.96 Å². The first kappa shape index (κ1) is 19.5. The highest BCUT2D eigenvalue weighted by molar-refractivity contribution is 14.0. The average Bonchev–Trinajstić information content (AvgIpc) is 2.62. The molecule has 1 rings (SSSR count). The van der Waals surface area contributed by atoms with Crippen LogP contribution in [0, 0.1) is 0 Å². The van der Waals surface area contributed by atoms with Gasteiger partial charge in [0.2, 0.25) is 0 Å². The van der Waals surface area contributed by atoms with Gasteiger partial charge in [-0.1, -0.05) is 12.8 Å². The number of guanidine groups is 1. The predicted molar refractivity (Wildman–Crippen MR) is 92.4 cm³/mol. The van der Waals surface area contributed by atoms with Crippen LogP contribution in [0.5, 0.6) is 0 Å². The van der Waals surface area contributed by atoms with E-state index in [-0.39, 0.29) is 36.0 Å². The van der Waals surface area contributed by atoms with Gasteiger partial charge in [0.05, 0.1) is 6.10 Å². The molecule has 0 saturated carbocycles. The van der Waals surface area contributed by atoms with Crippen LogP contribution < -0.4 is 5.73 Å². The maximum Gasteiger partial charge on any atom is 0.306 e. The summed E-state index contributed by atoms with van der Waals surface area (Å²) >= 11 is 0. The summed E-state index contributed by atoms with van der Waals surface area (Å²) in [6.07, 6.45) is 6.01. The molecular formula is C14H28IN3O2. The molecule has 0 aromatic heterocycles. The van der Waals surface area contributed by atoms with Gasteiger partial charge < -0.3 is 15.4 Å². The number of rotatable bonds is 5. The molecule has 20 heavy (non-hydrogen) atoms. The van der Waals surface area contributed by atoms with E-state index in [1.165, 1.54) is 25.7 Å². The normalized spacial score (nSPS) is 16.6. The highest BCUT2D eigenvalue weighted by Gasteiger charge is 2.10. The summed E-state index contributed by atoms with van der Waals surface area (Å²) in [5, 5.41) is 0. The highest BCUT2D eigenvalue weighted by atomic mass is 127. The molecule has 0 bridgehead atoms. The van der Waals surface area contributed by atoms with Crippen LogP contribution in [0.2, 0.25) is 0 Å². The number of ether oxygens (including phenoxy) is 1. The fraction of sp³-hybridized carbons (Fsp3) is 0.857. The fourth-order valence-electron chi connectivity index (χ4n) is 2.14. The number of nitrogens with two attached hydrogens (primary N) is 1. The molecule has 0 unspecified atom stereocenters. The Labute approximate surface area is 139 Å². The topological polar surface area (TPSA) is 67.9 Å². The first-order valence-electron chi connectivity index (χ1n) is 7.34. The third-order valence-electron chi connectivity index (χ3n) is 3.11. The molecule has 2 N–H and O–H groups in total. The zero-order valence-electron chi connectivity index (χ0n) is 12.6.